The number of nitrogens with one attached hydrogen (secondary N) is 1. The summed E-state index contributed by atoms with van der Waals surface area (Å²) >= 11 is 0. The summed E-state index contributed by atoms with van der Waals surface area (Å²) in [5.74, 6) is 1.79. The zero-order chi connectivity index (χ0) is 13.1. The molecule has 0 atom stereocenters. The summed E-state index contributed by atoms with van der Waals surface area (Å²) in [6.45, 7) is 2.34. The second kappa shape index (κ2) is 5.43. The van der Waals surface area contributed by atoms with Gasteiger partial charge in [-0.25, -0.2) is 9.97 Å². The summed E-state index contributed by atoms with van der Waals surface area (Å²) in [5, 5.41) is 3.59. The van der Waals surface area contributed by atoms with Crippen LogP contribution in [0.1, 0.15) is 32.6 Å². The molecule has 1 saturated carbocycles. The molecular weight excluding hydrogens is 236 g/mol. The Labute approximate surface area is 113 Å². The number of rotatable bonds is 3. The van der Waals surface area contributed by atoms with Gasteiger partial charge in [0.25, 0.3) is 0 Å². The lowest BCUT2D eigenvalue weighted by molar-refractivity contribution is 0.361. The van der Waals surface area contributed by atoms with Crippen LogP contribution in [0.3, 0.4) is 0 Å². The molecule has 0 radical (unpaired) electrons. The van der Waals surface area contributed by atoms with Crippen molar-refractivity contribution in [3.05, 3.63) is 37.1 Å². The molecule has 4 heteroatoms. The second-order valence-corrected chi connectivity index (χ2v) is 5.48. The van der Waals surface area contributed by atoms with E-state index in [0.717, 1.165) is 17.4 Å². The molecule has 2 aromatic rings. The molecule has 0 saturated heterocycles. The molecule has 2 aromatic heterocycles. The van der Waals surface area contributed by atoms with Gasteiger partial charge in [0.1, 0.15) is 12.1 Å². The lowest BCUT2D eigenvalue weighted by Gasteiger charge is -2.27. The molecule has 19 heavy (non-hydrogen) atoms. The number of nitrogens with zero attached hydrogens (tertiary/aromatic N) is 3. The van der Waals surface area contributed by atoms with Crippen LogP contribution in [0.2, 0.25) is 0 Å². The summed E-state index contributed by atoms with van der Waals surface area (Å²) in [4.78, 5) is 8.49. The Kier molecular flexibility index (Phi) is 3.49. The highest BCUT2D eigenvalue weighted by Gasteiger charge is 2.17. The molecule has 1 N–H and O–H groups in total. The van der Waals surface area contributed by atoms with Gasteiger partial charge < -0.3 is 5.32 Å². The molecule has 0 unspecified atom stereocenters. The number of hydrogen-bond acceptors (Lipinski definition) is 3. The summed E-state index contributed by atoms with van der Waals surface area (Å²) in [5.41, 5.74) is 1.11. The minimum atomic E-state index is 0.608. The fourth-order valence-electron chi connectivity index (χ4n) is 2.66. The molecule has 1 aliphatic carbocycles. The summed E-state index contributed by atoms with van der Waals surface area (Å²) < 4.78 is 1.91. The Hall–Kier alpha value is -1.84. The zero-order valence-electron chi connectivity index (χ0n) is 11.3. The van der Waals surface area contributed by atoms with Gasteiger partial charge >= 0.3 is 0 Å². The zero-order valence-corrected chi connectivity index (χ0v) is 11.3. The topological polar surface area (TPSA) is 42.7 Å². The Balaban J connectivity index is 1.63. The largest absolute Gasteiger partial charge is 0.381 e. The third-order valence-corrected chi connectivity index (χ3v) is 3.90. The Morgan fingerprint density at radius 3 is 2.68 bits per heavy atom. The number of aromatic nitrogens is 3. The second-order valence-electron chi connectivity index (χ2n) is 5.48. The van der Waals surface area contributed by atoms with Crippen molar-refractivity contribution in [2.75, 3.05) is 5.32 Å². The van der Waals surface area contributed by atoms with Gasteiger partial charge in [0.05, 0.1) is 11.9 Å². The van der Waals surface area contributed by atoms with Gasteiger partial charge in [-0.05, 0) is 43.7 Å². The fraction of sp³-hybridized carbons (Fsp3) is 0.467. The molecule has 100 valence electrons. The van der Waals surface area contributed by atoms with E-state index in [0.29, 0.717) is 6.04 Å². The van der Waals surface area contributed by atoms with E-state index in [9.17, 15) is 0 Å². The van der Waals surface area contributed by atoms with Crippen molar-refractivity contribution in [3.8, 4) is 5.82 Å². The highest BCUT2D eigenvalue weighted by atomic mass is 15.1. The van der Waals surface area contributed by atoms with Crippen molar-refractivity contribution in [3.63, 3.8) is 0 Å². The SMILES string of the molecule is CC1CCC(Nc2ccc(-n3ccnc3)nc2)CC1. The molecule has 0 aliphatic heterocycles. The Morgan fingerprint density at radius 1 is 1.21 bits per heavy atom. The fourth-order valence-corrected chi connectivity index (χ4v) is 2.66. The third kappa shape index (κ3) is 2.95. The van der Waals surface area contributed by atoms with Crippen LogP contribution < -0.4 is 5.32 Å². The Bertz CT molecular complexity index is 495. The van der Waals surface area contributed by atoms with Gasteiger partial charge in [0, 0.05) is 18.4 Å². The number of imidazole rings is 1. The van der Waals surface area contributed by atoms with Crippen molar-refractivity contribution in [1.82, 2.24) is 14.5 Å². The van der Waals surface area contributed by atoms with Crippen LogP contribution in [0.5, 0.6) is 0 Å². The van der Waals surface area contributed by atoms with Crippen LogP contribution in [0, 0.1) is 5.92 Å². The van der Waals surface area contributed by atoms with E-state index in [1.165, 1.54) is 25.7 Å². The van der Waals surface area contributed by atoms with E-state index in [2.05, 4.69) is 28.3 Å². The first-order valence-electron chi connectivity index (χ1n) is 7.02. The lowest BCUT2D eigenvalue weighted by atomic mass is 9.87. The molecule has 0 aromatic carbocycles. The summed E-state index contributed by atoms with van der Waals surface area (Å²) in [7, 11) is 0. The van der Waals surface area contributed by atoms with Crippen LogP contribution in [-0.4, -0.2) is 20.6 Å². The van der Waals surface area contributed by atoms with E-state index >= 15 is 0 Å². The minimum absolute atomic E-state index is 0.608. The molecule has 1 fully saturated rings. The van der Waals surface area contributed by atoms with Crippen molar-refractivity contribution in [2.24, 2.45) is 5.92 Å². The molecule has 4 nitrogen and oxygen atoms in total. The molecule has 0 bridgehead atoms. The molecule has 1 aliphatic rings. The molecule has 3 rings (SSSR count). The first-order valence-corrected chi connectivity index (χ1v) is 7.02. The van der Waals surface area contributed by atoms with Gasteiger partial charge in [-0.15, -0.1) is 0 Å². The summed E-state index contributed by atoms with van der Waals surface area (Å²) in [6.07, 6.45) is 12.5. The molecule has 0 amide bonds. The van der Waals surface area contributed by atoms with E-state index in [1.807, 2.05) is 23.0 Å². The highest BCUT2D eigenvalue weighted by Crippen LogP contribution is 2.25. The van der Waals surface area contributed by atoms with E-state index in [1.54, 1.807) is 12.5 Å². The molecule has 0 spiro atoms. The van der Waals surface area contributed by atoms with Crippen LogP contribution in [0.4, 0.5) is 5.69 Å². The standard InChI is InChI=1S/C15H20N4/c1-12-2-4-13(5-3-12)18-14-6-7-15(17-10-14)19-9-8-16-11-19/h6-13,18H,2-5H2,1H3. The van der Waals surface area contributed by atoms with Crippen LogP contribution in [0.25, 0.3) is 5.82 Å². The smallest absolute Gasteiger partial charge is 0.137 e. The summed E-state index contributed by atoms with van der Waals surface area (Å²) in [6, 6.07) is 4.73. The van der Waals surface area contributed by atoms with Gasteiger partial charge in [-0.2, -0.15) is 0 Å². The van der Waals surface area contributed by atoms with Crippen molar-refractivity contribution in [2.45, 2.75) is 38.6 Å². The van der Waals surface area contributed by atoms with Gasteiger partial charge in [0.2, 0.25) is 0 Å². The van der Waals surface area contributed by atoms with Crippen LogP contribution >= 0.6 is 0 Å². The predicted molar refractivity (Wildman–Crippen MR) is 76.4 cm³/mol. The first kappa shape index (κ1) is 12.2. The maximum Gasteiger partial charge on any atom is 0.137 e. The van der Waals surface area contributed by atoms with Gasteiger partial charge in [0.15, 0.2) is 0 Å². The first-order chi connectivity index (χ1) is 9.31. The van der Waals surface area contributed by atoms with Gasteiger partial charge in [-0.3, -0.25) is 4.57 Å². The van der Waals surface area contributed by atoms with Crippen molar-refractivity contribution in [1.29, 1.82) is 0 Å². The number of hydrogen-bond donors (Lipinski definition) is 1. The normalized spacial score (nSPS) is 23.2. The monoisotopic (exact) mass is 256 g/mol. The predicted octanol–water partition coefficient (Wildman–Crippen LogP) is 3.26. The maximum absolute atomic E-state index is 4.46. The average molecular weight is 256 g/mol. The van der Waals surface area contributed by atoms with Crippen LogP contribution in [0.15, 0.2) is 37.1 Å². The van der Waals surface area contributed by atoms with Gasteiger partial charge in [-0.1, -0.05) is 6.92 Å². The third-order valence-electron chi connectivity index (χ3n) is 3.90. The maximum atomic E-state index is 4.46. The Morgan fingerprint density at radius 2 is 2.05 bits per heavy atom. The molecule has 2 heterocycles. The molecular formula is C15H20N4. The average Bonchev–Trinajstić information content (AvgIpc) is 2.96. The number of anilines is 1. The quantitative estimate of drug-likeness (QED) is 0.916. The lowest BCUT2D eigenvalue weighted by Crippen LogP contribution is -2.25. The number of pyridine rings is 1. The van der Waals surface area contributed by atoms with E-state index in [4.69, 9.17) is 0 Å². The van der Waals surface area contributed by atoms with E-state index < -0.39 is 0 Å². The van der Waals surface area contributed by atoms with E-state index in [-0.39, 0.29) is 0 Å². The minimum Gasteiger partial charge on any atom is -0.381 e. The van der Waals surface area contributed by atoms with Crippen molar-refractivity contribution >= 4 is 5.69 Å². The van der Waals surface area contributed by atoms with Crippen molar-refractivity contribution < 1.29 is 0 Å². The highest BCUT2D eigenvalue weighted by molar-refractivity contribution is 5.44. The van der Waals surface area contributed by atoms with Crippen LogP contribution in [-0.2, 0) is 0 Å².